The Labute approximate surface area is 280 Å². The summed E-state index contributed by atoms with van der Waals surface area (Å²) in [5.74, 6) is 0.346. The monoisotopic (exact) mass is 702 g/mol. The van der Waals surface area contributed by atoms with Gasteiger partial charge in [-0.3, -0.25) is 9.88 Å². The first-order valence-corrected chi connectivity index (χ1v) is 17.6. The molecule has 4 aromatic rings. The van der Waals surface area contributed by atoms with Crippen LogP contribution in [0.15, 0.2) is 53.2 Å². The quantitative estimate of drug-likeness (QED) is 0.223. The summed E-state index contributed by atoms with van der Waals surface area (Å²) in [6.07, 6.45) is 7.24. The van der Waals surface area contributed by atoms with E-state index in [2.05, 4.69) is 42.6 Å². The van der Waals surface area contributed by atoms with Gasteiger partial charge in [0.1, 0.15) is 35.6 Å². The van der Waals surface area contributed by atoms with Crippen molar-refractivity contribution in [2.45, 2.75) is 74.8 Å². The van der Waals surface area contributed by atoms with Gasteiger partial charge < -0.3 is 20.1 Å². The van der Waals surface area contributed by atoms with Crippen LogP contribution in [0.25, 0.3) is 32.9 Å². The van der Waals surface area contributed by atoms with E-state index in [4.69, 9.17) is 14.7 Å². The molecule has 0 spiro atoms. The molecule has 244 valence electrons. The number of alkyl halides is 1. The molecule has 2 N–H and O–H groups in total. The molecular formula is C36H37BrF2N6O2. The maximum atomic E-state index is 16.9. The van der Waals surface area contributed by atoms with Crippen molar-refractivity contribution in [3.05, 3.63) is 59.0 Å². The number of aromatic nitrogens is 3. The number of benzene rings is 2. The zero-order valence-corrected chi connectivity index (χ0v) is 27.6. The molecule has 2 aromatic carbocycles. The van der Waals surface area contributed by atoms with Crippen molar-refractivity contribution in [2.24, 2.45) is 5.92 Å². The van der Waals surface area contributed by atoms with Crippen LogP contribution in [-0.2, 0) is 0 Å². The Morgan fingerprint density at radius 1 is 1.11 bits per heavy atom. The van der Waals surface area contributed by atoms with Crippen molar-refractivity contribution in [2.75, 3.05) is 31.1 Å². The molecule has 1 aliphatic carbocycles. The van der Waals surface area contributed by atoms with Crippen molar-refractivity contribution in [1.82, 2.24) is 25.2 Å². The zero-order valence-electron chi connectivity index (χ0n) is 26.1. The van der Waals surface area contributed by atoms with E-state index in [1.54, 1.807) is 12.3 Å². The van der Waals surface area contributed by atoms with E-state index in [1.165, 1.54) is 11.6 Å². The molecule has 2 unspecified atom stereocenters. The fraction of sp³-hybridized carbons (Fsp3) is 0.472. The Morgan fingerprint density at radius 2 is 1.94 bits per heavy atom. The third-order valence-corrected chi connectivity index (χ3v) is 12.0. The second-order valence-corrected chi connectivity index (χ2v) is 15.1. The molecule has 6 heterocycles. The number of pyridine rings is 1. The predicted octanol–water partition coefficient (Wildman–Crippen LogP) is 6.68. The maximum Gasteiger partial charge on any atom is 0.319 e. The molecule has 5 fully saturated rings. The first-order chi connectivity index (χ1) is 22.8. The Bertz CT molecular complexity index is 1930. The third kappa shape index (κ3) is 4.83. The van der Waals surface area contributed by atoms with Gasteiger partial charge >= 0.3 is 6.01 Å². The summed E-state index contributed by atoms with van der Waals surface area (Å²) >= 11 is 3.62. The molecule has 4 aliphatic heterocycles. The van der Waals surface area contributed by atoms with E-state index in [0.717, 1.165) is 66.9 Å². The van der Waals surface area contributed by atoms with E-state index in [9.17, 15) is 5.11 Å². The Hall–Kier alpha value is -3.41. The van der Waals surface area contributed by atoms with Crippen LogP contribution in [0, 0.1) is 11.7 Å². The highest BCUT2D eigenvalue weighted by atomic mass is 79.9. The van der Waals surface area contributed by atoms with Crippen LogP contribution in [0.5, 0.6) is 11.8 Å². The number of aromatic hydroxyl groups is 1. The molecule has 6 atom stereocenters. The van der Waals surface area contributed by atoms with Crippen LogP contribution >= 0.6 is 15.9 Å². The minimum atomic E-state index is -0.915. The highest BCUT2D eigenvalue weighted by molar-refractivity contribution is 9.10. The largest absolute Gasteiger partial charge is 0.508 e. The predicted molar refractivity (Wildman–Crippen MR) is 181 cm³/mol. The summed E-state index contributed by atoms with van der Waals surface area (Å²) in [5, 5.41) is 16.2. The molecule has 5 aliphatic rings. The second kappa shape index (κ2) is 11.1. The normalized spacial score (nSPS) is 30.3. The summed E-state index contributed by atoms with van der Waals surface area (Å²) in [6, 6.07) is 9.84. The van der Waals surface area contributed by atoms with Gasteiger partial charge in [0.25, 0.3) is 0 Å². The molecule has 9 rings (SSSR count). The molecule has 0 amide bonds. The van der Waals surface area contributed by atoms with Gasteiger partial charge in [0.2, 0.25) is 0 Å². The molecule has 8 nitrogen and oxygen atoms in total. The standard InChI is InChI=1S/C36H37BrF2N6O2/c1-19-4-2-7-29-26(19)13-36(12-21(38)15-45(29)36)18-47-35-42-33-27(34(43-35)44-16-22-8-9-23(17-44)41-22)14-40-32(31(33)39)25-11-24(46)10-20-5-3-6-28(37)30(20)25/h3,5-6,10-11,14,21-23,26,29,41,46H,1-2,4,7-9,12-13,15-18H2/t21-,22?,23?,26+,29-,36+/m0/s1. The topological polar surface area (TPSA) is 86.6 Å². The molecule has 1 saturated carbocycles. The Balaban J connectivity index is 1.15. The smallest absolute Gasteiger partial charge is 0.319 e. The van der Waals surface area contributed by atoms with E-state index < -0.39 is 17.5 Å². The molecule has 2 bridgehead atoms. The van der Waals surface area contributed by atoms with E-state index in [-0.39, 0.29) is 35.6 Å². The number of fused-ring (bicyclic) bond motifs is 7. The van der Waals surface area contributed by atoms with Crippen molar-refractivity contribution in [1.29, 1.82) is 0 Å². The number of anilines is 1. The number of nitrogens with one attached hydrogen (secondary N) is 1. The van der Waals surface area contributed by atoms with Gasteiger partial charge in [-0.05, 0) is 68.0 Å². The lowest BCUT2D eigenvalue weighted by Crippen LogP contribution is -2.51. The van der Waals surface area contributed by atoms with E-state index in [0.29, 0.717) is 47.7 Å². The van der Waals surface area contributed by atoms with Gasteiger partial charge in [0.05, 0.1) is 10.9 Å². The van der Waals surface area contributed by atoms with Gasteiger partial charge in [0, 0.05) is 65.8 Å². The highest BCUT2D eigenvalue weighted by Gasteiger charge is 2.58. The summed E-state index contributed by atoms with van der Waals surface area (Å²) in [5.41, 5.74) is 1.44. The van der Waals surface area contributed by atoms with Gasteiger partial charge in [-0.2, -0.15) is 9.97 Å². The lowest BCUT2D eigenvalue weighted by molar-refractivity contribution is 0.0796. The van der Waals surface area contributed by atoms with Crippen molar-refractivity contribution in [3.63, 3.8) is 0 Å². The van der Waals surface area contributed by atoms with Crippen LogP contribution in [0.1, 0.15) is 44.9 Å². The first-order valence-electron chi connectivity index (χ1n) is 16.8. The zero-order chi connectivity index (χ0) is 32.0. The molecule has 4 saturated heterocycles. The van der Waals surface area contributed by atoms with E-state index in [1.807, 2.05) is 18.2 Å². The number of rotatable bonds is 5. The SMILES string of the molecule is C=C1CCC[C@H]2[C@@H]1C[C@@]1(COc3nc(N4CC5CCC(C4)N5)c4cnc(-c5cc(O)cc6cccc(Br)c56)c(F)c4n3)C[C@H](F)CN21. The van der Waals surface area contributed by atoms with Crippen molar-refractivity contribution >= 4 is 43.4 Å². The van der Waals surface area contributed by atoms with Crippen molar-refractivity contribution in [3.8, 4) is 23.0 Å². The van der Waals surface area contributed by atoms with Gasteiger partial charge in [-0.15, -0.1) is 0 Å². The number of hydrogen-bond acceptors (Lipinski definition) is 8. The van der Waals surface area contributed by atoms with Gasteiger partial charge in [-0.25, -0.2) is 8.78 Å². The molecule has 0 radical (unpaired) electrons. The third-order valence-electron chi connectivity index (χ3n) is 11.4. The fourth-order valence-corrected chi connectivity index (χ4v) is 9.98. The lowest BCUT2D eigenvalue weighted by Gasteiger charge is -2.36. The fourth-order valence-electron chi connectivity index (χ4n) is 9.39. The van der Waals surface area contributed by atoms with Crippen LogP contribution < -0.4 is 15.0 Å². The minimum absolute atomic E-state index is 0.0157. The van der Waals surface area contributed by atoms with Crippen LogP contribution in [0.4, 0.5) is 14.6 Å². The first kappa shape index (κ1) is 29.7. The molecule has 11 heteroatoms. The number of ether oxygens (including phenoxy) is 1. The molecular weight excluding hydrogens is 666 g/mol. The molecule has 2 aromatic heterocycles. The average Bonchev–Trinajstić information content (AvgIpc) is 3.67. The van der Waals surface area contributed by atoms with Crippen LogP contribution in [0.3, 0.4) is 0 Å². The number of phenols is 1. The summed E-state index contributed by atoms with van der Waals surface area (Å²) < 4.78 is 39.2. The van der Waals surface area contributed by atoms with Gasteiger partial charge in [-0.1, -0.05) is 40.2 Å². The number of nitrogens with zero attached hydrogens (tertiary/aromatic N) is 5. The van der Waals surface area contributed by atoms with E-state index >= 15 is 8.78 Å². The Kier molecular flexibility index (Phi) is 6.99. The average molecular weight is 704 g/mol. The minimum Gasteiger partial charge on any atom is -0.508 e. The lowest BCUT2D eigenvalue weighted by atomic mass is 9.78. The number of hydrogen-bond donors (Lipinski definition) is 2. The number of piperazine rings is 1. The highest BCUT2D eigenvalue weighted by Crippen LogP contribution is 2.52. The van der Waals surface area contributed by atoms with Crippen LogP contribution in [-0.4, -0.2) is 81.0 Å². The number of halogens is 3. The summed E-state index contributed by atoms with van der Waals surface area (Å²) in [7, 11) is 0. The molecule has 47 heavy (non-hydrogen) atoms. The van der Waals surface area contributed by atoms with Crippen LogP contribution in [0.2, 0.25) is 0 Å². The number of phenolic OH excluding ortho intramolecular Hbond substituents is 1. The Morgan fingerprint density at radius 3 is 2.77 bits per heavy atom. The van der Waals surface area contributed by atoms with Gasteiger partial charge in [0.15, 0.2) is 5.82 Å². The second-order valence-electron chi connectivity index (χ2n) is 14.3. The van der Waals surface area contributed by atoms with Crippen molar-refractivity contribution < 1.29 is 18.6 Å². The maximum absolute atomic E-state index is 16.9. The summed E-state index contributed by atoms with van der Waals surface area (Å²) in [4.78, 5) is 18.8. The summed E-state index contributed by atoms with van der Waals surface area (Å²) in [6.45, 7) is 6.49.